The Labute approximate surface area is 179 Å². The highest BCUT2D eigenvalue weighted by molar-refractivity contribution is 7.89. The van der Waals surface area contributed by atoms with Crippen LogP contribution in [-0.2, 0) is 26.9 Å². The number of nitrogens with one attached hydrogen (secondary N) is 2. The largest absolute Gasteiger partial charge is 0.357 e. The quantitative estimate of drug-likeness (QED) is 0.477. The maximum atomic E-state index is 13.7. The molecular formula is C21H33FN4O3S. The van der Waals surface area contributed by atoms with Gasteiger partial charge in [-0.25, -0.2) is 17.8 Å². The lowest BCUT2D eigenvalue weighted by Crippen LogP contribution is -2.49. The Morgan fingerprint density at radius 2 is 1.87 bits per heavy atom. The average molecular weight is 441 g/mol. The fourth-order valence-corrected chi connectivity index (χ4v) is 4.76. The van der Waals surface area contributed by atoms with Gasteiger partial charge in [-0.1, -0.05) is 18.9 Å². The smallest absolute Gasteiger partial charge is 0.230 e. The predicted molar refractivity (Wildman–Crippen MR) is 117 cm³/mol. The van der Waals surface area contributed by atoms with Gasteiger partial charge in [0.05, 0.1) is 17.7 Å². The molecule has 9 heteroatoms. The molecule has 1 aliphatic rings. The van der Waals surface area contributed by atoms with Crippen LogP contribution in [0.2, 0.25) is 0 Å². The van der Waals surface area contributed by atoms with Crippen molar-refractivity contribution >= 4 is 21.7 Å². The number of nitrogens with zero attached hydrogens (tertiary/aromatic N) is 2. The van der Waals surface area contributed by atoms with E-state index in [9.17, 15) is 17.6 Å². The molecule has 0 unspecified atom stereocenters. The third-order valence-electron chi connectivity index (χ3n) is 5.35. The number of hydrogen-bond donors (Lipinski definition) is 2. The molecule has 0 spiro atoms. The summed E-state index contributed by atoms with van der Waals surface area (Å²) in [5.74, 6) is 0.0356. The van der Waals surface area contributed by atoms with Crippen molar-refractivity contribution in [3.05, 3.63) is 35.1 Å². The lowest BCUT2D eigenvalue weighted by molar-refractivity contribution is -0.138. The number of amides is 1. The Morgan fingerprint density at radius 1 is 1.20 bits per heavy atom. The first-order valence-electron chi connectivity index (χ1n) is 10.3. The molecule has 0 saturated heterocycles. The molecule has 1 amide bonds. The molecule has 1 aromatic rings. The minimum Gasteiger partial charge on any atom is -0.357 e. The van der Waals surface area contributed by atoms with Gasteiger partial charge in [0, 0.05) is 33.4 Å². The Morgan fingerprint density at radius 3 is 2.43 bits per heavy atom. The van der Waals surface area contributed by atoms with Gasteiger partial charge >= 0.3 is 0 Å². The van der Waals surface area contributed by atoms with Gasteiger partial charge in [-0.3, -0.25) is 4.79 Å². The monoisotopic (exact) mass is 440 g/mol. The number of sulfone groups is 1. The Kier molecular flexibility index (Phi) is 8.23. The van der Waals surface area contributed by atoms with Crippen LogP contribution in [-0.4, -0.2) is 58.6 Å². The molecule has 0 bridgehead atoms. The van der Waals surface area contributed by atoms with Crippen LogP contribution in [0.1, 0.15) is 43.7 Å². The van der Waals surface area contributed by atoms with Gasteiger partial charge in [0.15, 0.2) is 15.8 Å². The van der Waals surface area contributed by atoms with E-state index in [1.807, 2.05) is 6.92 Å². The fourth-order valence-electron chi connectivity index (χ4n) is 3.92. The number of aliphatic imine (C=N–C) groups is 1. The number of carbonyl (C=O) groups is 1. The molecule has 1 aliphatic carbocycles. The van der Waals surface area contributed by atoms with E-state index in [1.54, 1.807) is 19.0 Å². The number of carbonyl (C=O) groups excluding carboxylic acids is 1. The molecule has 0 aromatic heterocycles. The number of benzene rings is 1. The summed E-state index contributed by atoms with van der Waals surface area (Å²) in [6, 6.07) is 4.07. The second-order valence-electron chi connectivity index (χ2n) is 8.22. The van der Waals surface area contributed by atoms with E-state index in [0.29, 0.717) is 30.2 Å². The highest BCUT2D eigenvalue weighted by Crippen LogP contribution is 2.38. The minimum absolute atomic E-state index is 0.115. The molecule has 1 saturated carbocycles. The van der Waals surface area contributed by atoms with Gasteiger partial charge < -0.3 is 15.5 Å². The van der Waals surface area contributed by atoms with Gasteiger partial charge in [0.1, 0.15) is 5.82 Å². The van der Waals surface area contributed by atoms with E-state index in [0.717, 1.165) is 31.9 Å². The van der Waals surface area contributed by atoms with Crippen LogP contribution in [0, 0.1) is 11.2 Å². The summed E-state index contributed by atoms with van der Waals surface area (Å²) in [4.78, 5) is 18.9. The van der Waals surface area contributed by atoms with Crippen LogP contribution in [0.5, 0.6) is 0 Å². The summed E-state index contributed by atoms with van der Waals surface area (Å²) >= 11 is 0. The summed E-state index contributed by atoms with van der Waals surface area (Å²) in [6.45, 7) is 3.16. The first-order valence-corrected chi connectivity index (χ1v) is 12.3. The lowest BCUT2D eigenvalue weighted by atomic mass is 9.84. The van der Waals surface area contributed by atoms with Crippen LogP contribution >= 0.6 is 0 Å². The van der Waals surface area contributed by atoms with Crippen molar-refractivity contribution < 1.29 is 17.6 Å². The van der Waals surface area contributed by atoms with E-state index in [2.05, 4.69) is 15.6 Å². The van der Waals surface area contributed by atoms with Crippen LogP contribution < -0.4 is 10.6 Å². The van der Waals surface area contributed by atoms with Crippen molar-refractivity contribution in [2.45, 2.75) is 44.9 Å². The zero-order valence-corrected chi connectivity index (χ0v) is 19.1. The van der Waals surface area contributed by atoms with E-state index in [1.165, 1.54) is 18.2 Å². The lowest BCUT2D eigenvalue weighted by Gasteiger charge is -2.31. The minimum atomic E-state index is -3.25. The third-order valence-corrected chi connectivity index (χ3v) is 6.19. The standard InChI is InChI=1S/C21H33FN4O3S/c1-5-23-20(25-15-21(10-6-7-11-21)19(27)26(2)3)24-13-17-12-18(22)9-8-16(17)14-30(4,28)29/h8-9,12H,5-7,10-11,13-15H2,1-4H3,(H2,23,24,25). The second-order valence-corrected chi connectivity index (χ2v) is 10.4. The zero-order chi connectivity index (χ0) is 22.4. The van der Waals surface area contributed by atoms with Crippen LogP contribution in [0.15, 0.2) is 23.2 Å². The summed E-state index contributed by atoms with van der Waals surface area (Å²) in [5, 5.41) is 6.42. The second kappa shape index (κ2) is 10.2. The van der Waals surface area contributed by atoms with Crippen molar-refractivity contribution in [2.24, 2.45) is 10.4 Å². The van der Waals surface area contributed by atoms with E-state index < -0.39 is 21.1 Å². The van der Waals surface area contributed by atoms with Crippen molar-refractivity contribution in [3.63, 3.8) is 0 Å². The number of halogens is 1. The Bertz CT molecular complexity index is 878. The Balaban J connectivity index is 2.19. The number of hydrogen-bond acceptors (Lipinski definition) is 4. The number of guanidine groups is 1. The summed E-state index contributed by atoms with van der Waals surface area (Å²) in [6.07, 6.45) is 4.86. The SMILES string of the molecule is CCNC(=NCc1cc(F)ccc1CS(C)(=O)=O)NCC1(C(=O)N(C)C)CCCC1. The molecule has 30 heavy (non-hydrogen) atoms. The van der Waals surface area contributed by atoms with Crippen LogP contribution in [0.4, 0.5) is 4.39 Å². The molecular weight excluding hydrogens is 407 g/mol. The molecule has 0 heterocycles. The molecule has 2 rings (SSSR count). The van der Waals surface area contributed by atoms with Crippen molar-refractivity contribution in [3.8, 4) is 0 Å². The molecule has 0 aliphatic heterocycles. The molecule has 0 atom stereocenters. The molecule has 0 radical (unpaired) electrons. The molecule has 2 N–H and O–H groups in total. The van der Waals surface area contributed by atoms with Crippen molar-refractivity contribution in [1.29, 1.82) is 0 Å². The molecule has 1 fully saturated rings. The first kappa shape index (κ1) is 24.1. The topological polar surface area (TPSA) is 90.9 Å². The van der Waals surface area contributed by atoms with Crippen LogP contribution in [0.25, 0.3) is 0 Å². The summed E-state index contributed by atoms with van der Waals surface area (Å²) in [5.41, 5.74) is 0.617. The van der Waals surface area contributed by atoms with Gasteiger partial charge in [0.2, 0.25) is 5.91 Å². The zero-order valence-electron chi connectivity index (χ0n) is 18.3. The maximum Gasteiger partial charge on any atom is 0.230 e. The highest BCUT2D eigenvalue weighted by Gasteiger charge is 2.42. The predicted octanol–water partition coefficient (Wildman–Crippen LogP) is 2.07. The molecule has 168 valence electrons. The van der Waals surface area contributed by atoms with Crippen molar-refractivity contribution in [1.82, 2.24) is 15.5 Å². The van der Waals surface area contributed by atoms with Gasteiger partial charge in [-0.05, 0) is 43.0 Å². The maximum absolute atomic E-state index is 13.7. The van der Waals surface area contributed by atoms with Gasteiger partial charge in [-0.2, -0.15) is 0 Å². The van der Waals surface area contributed by atoms with E-state index in [-0.39, 0.29) is 18.2 Å². The summed E-state index contributed by atoms with van der Waals surface area (Å²) < 4.78 is 37.1. The average Bonchev–Trinajstić information content (AvgIpc) is 3.14. The number of rotatable bonds is 8. The van der Waals surface area contributed by atoms with Crippen LogP contribution in [0.3, 0.4) is 0 Å². The van der Waals surface area contributed by atoms with Gasteiger partial charge in [0.25, 0.3) is 0 Å². The normalized spacial score (nSPS) is 16.4. The van der Waals surface area contributed by atoms with E-state index >= 15 is 0 Å². The Hall–Kier alpha value is -2.16. The molecule has 1 aromatic carbocycles. The van der Waals surface area contributed by atoms with E-state index in [4.69, 9.17) is 0 Å². The van der Waals surface area contributed by atoms with Gasteiger partial charge in [-0.15, -0.1) is 0 Å². The highest BCUT2D eigenvalue weighted by atomic mass is 32.2. The molecule has 7 nitrogen and oxygen atoms in total. The third kappa shape index (κ3) is 6.68. The van der Waals surface area contributed by atoms with Crippen molar-refractivity contribution in [2.75, 3.05) is 33.4 Å². The summed E-state index contributed by atoms with van der Waals surface area (Å²) in [7, 11) is 0.293. The first-order chi connectivity index (χ1) is 14.1. The fraction of sp³-hybridized carbons (Fsp3) is 0.619.